The van der Waals surface area contributed by atoms with Crippen LogP contribution in [0.15, 0.2) is 22.7 Å². The van der Waals surface area contributed by atoms with E-state index >= 15 is 0 Å². The largest absolute Gasteiger partial charge is 0.379 e. The lowest BCUT2D eigenvalue weighted by Gasteiger charge is -2.45. The first kappa shape index (κ1) is 13.0. The van der Waals surface area contributed by atoms with Crippen LogP contribution in [0.1, 0.15) is 25.8 Å². The summed E-state index contributed by atoms with van der Waals surface area (Å²) in [6.07, 6.45) is 0.716. The van der Waals surface area contributed by atoms with Gasteiger partial charge in [-0.1, -0.05) is 15.9 Å². The number of benzene rings is 1. The van der Waals surface area contributed by atoms with E-state index in [1.807, 2.05) is 19.9 Å². The molecule has 0 bridgehead atoms. The Kier molecular flexibility index (Phi) is 3.31. The number of rotatable bonds is 3. The van der Waals surface area contributed by atoms with E-state index in [-0.39, 0.29) is 16.8 Å². The van der Waals surface area contributed by atoms with Crippen LogP contribution in [-0.2, 0) is 10.2 Å². The topological polar surface area (TPSA) is 35.2 Å². The van der Waals surface area contributed by atoms with Crippen molar-refractivity contribution in [1.82, 2.24) is 0 Å². The Bertz CT molecular complexity index is 424. The number of hydrogen-bond acceptors (Lipinski definition) is 2. The van der Waals surface area contributed by atoms with E-state index in [4.69, 9.17) is 10.5 Å². The van der Waals surface area contributed by atoms with Gasteiger partial charge in [0.05, 0.1) is 13.2 Å². The Balaban J connectivity index is 2.38. The minimum atomic E-state index is -0.335. The summed E-state index contributed by atoms with van der Waals surface area (Å²) in [5.41, 5.74) is 6.17. The first-order valence-electron chi connectivity index (χ1n) is 5.65. The van der Waals surface area contributed by atoms with Gasteiger partial charge >= 0.3 is 0 Å². The highest BCUT2D eigenvalue weighted by atomic mass is 79.9. The summed E-state index contributed by atoms with van der Waals surface area (Å²) in [5.74, 6) is -0.180. The van der Waals surface area contributed by atoms with Crippen LogP contribution in [0.25, 0.3) is 0 Å². The lowest BCUT2D eigenvalue weighted by molar-refractivity contribution is -0.0734. The molecular weight excluding hydrogens is 285 g/mol. The molecule has 0 spiro atoms. The predicted octanol–water partition coefficient (Wildman–Crippen LogP) is 2.98. The van der Waals surface area contributed by atoms with Crippen molar-refractivity contribution in [2.75, 3.05) is 13.2 Å². The molecular formula is C13H17BrFNO. The fourth-order valence-electron chi connectivity index (χ4n) is 2.48. The average molecular weight is 302 g/mol. The molecule has 2 nitrogen and oxygen atoms in total. The SMILES string of the molecule is CC(C)(N)CC1(c2cc(Br)ccc2F)COC1. The van der Waals surface area contributed by atoms with Crippen molar-refractivity contribution in [3.8, 4) is 0 Å². The normalized spacial score (nSPS) is 18.9. The molecule has 1 saturated heterocycles. The van der Waals surface area contributed by atoms with Gasteiger partial charge in [0.1, 0.15) is 5.82 Å². The van der Waals surface area contributed by atoms with Gasteiger partial charge in [0.2, 0.25) is 0 Å². The molecule has 17 heavy (non-hydrogen) atoms. The smallest absolute Gasteiger partial charge is 0.127 e. The molecule has 1 aromatic rings. The van der Waals surface area contributed by atoms with Crippen LogP contribution in [0.4, 0.5) is 4.39 Å². The van der Waals surface area contributed by atoms with E-state index in [1.54, 1.807) is 6.07 Å². The van der Waals surface area contributed by atoms with Crippen molar-refractivity contribution in [3.63, 3.8) is 0 Å². The molecule has 94 valence electrons. The summed E-state index contributed by atoms with van der Waals surface area (Å²) < 4.78 is 20.1. The number of ether oxygens (including phenoxy) is 1. The molecule has 0 amide bonds. The fourth-order valence-corrected chi connectivity index (χ4v) is 2.84. The highest BCUT2D eigenvalue weighted by molar-refractivity contribution is 9.10. The Morgan fingerprint density at radius 3 is 2.59 bits per heavy atom. The third-order valence-electron chi connectivity index (χ3n) is 3.05. The predicted molar refractivity (Wildman–Crippen MR) is 69.5 cm³/mol. The summed E-state index contributed by atoms with van der Waals surface area (Å²) in [7, 11) is 0. The van der Waals surface area contributed by atoms with Gasteiger partial charge in [-0.05, 0) is 44.0 Å². The maximum atomic E-state index is 13.9. The summed E-state index contributed by atoms with van der Waals surface area (Å²) in [6.45, 7) is 5.01. The number of nitrogens with two attached hydrogens (primary N) is 1. The number of halogens is 2. The highest BCUT2D eigenvalue weighted by Gasteiger charge is 2.45. The minimum Gasteiger partial charge on any atom is -0.379 e. The Morgan fingerprint density at radius 1 is 1.47 bits per heavy atom. The van der Waals surface area contributed by atoms with E-state index < -0.39 is 0 Å². The summed E-state index contributed by atoms with van der Waals surface area (Å²) in [5, 5.41) is 0. The quantitative estimate of drug-likeness (QED) is 0.931. The van der Waals surface area contributed by atoms with Gasteiger partial charge in [-0.25, -0.2) is 4.39 Å². The van der Waals surface area contributed by atoms with Crippen LogP contribution >= 0.6 is 15.9 Å². The lowest BCUT2D eigenvalue weighted by atomic mass is 9.70. The maximum Gasteiger partial charge on any atom is 0.127 e. The molecule has 0 aliphatic carbocycles. The summed E-state index contributed by atoms with van der Waals surface area (Å²) in [4.78, 5) is 0. The Morgan fingerprint density at radius 2 is 2.12 bits per heavy atom. The fraction of sp³-hybridized carbons (Fsp3) is 0.538. The Labute approximate surface area is 109 Å². The minimum absolute atomic E-state index is 0.180. The molecule has 1 fully saturated rings. The molecule has 4 heteroatoms. The van der Waals surface area contributed by atoms with E-state index in [9.17, 15) is 4.39 Å². The molecule has 2 N–H and O–H groups in total. The van der Waals surface area contributed by atoms with Gasteiger partial charge < -0.3 is 10.5 Å². The van der Waals surface area contributed by atoms with Gasteiger partial charge in [-0.2, -0.15) is 0 Å². The van der Waals surface area contributed by atoms with Crippen LogP contribution in [0.5, 0.6) is 0 Å². The zero-order valence-electron chi connectivity index (χ0n) is 10.1. The molecule has 1 aromatic carbocycles. The monoisotopic (exact) mass is 301 g/mol. The van der Waals surface area contributed by atoms with Crippen molar-refractivity contribution in [3.05, 3.63) is 34.1 Å². The van der Waals surface area contributed by atoms with Crippen molar-refractivity contribution in [2.24, 2.45) is 5.73 Å². The molecule has 0 radical (unpaired) electrons. The molecule has 0 unspecified atom stereocenters. The van der Waals surface area contributed by atoms with Crippen LogP contribution in [0.2, 0.25) is 0 Å². The van der Waals surface area contributed by atoms with Gasteiger partial charge in [-0.15, -0.1) is 0 Å². The van der Waals surface area contributed by atoms with Crippen LogP contribution in [-0.4, -0.2) is 18.8 Å². The van der Waals surface area contributed by atoms with Crippen molar-refractivity contribution in [2.45, 2.75) is 31.2 Å². The number of hydrogen-bond donors (Lipinski definition) is 1. The average Bonchev–Trinajstić information content (AvgIpc) is 2.14. The summed E-state index contributed by atoms with van der Waals surface area (Å²) in [6, 6.07) is 5.03. The van der Waals surface area contributed by atoms with Crippen molar-refractivity contribution < 1.29 is 9.13 Å². The second-order valence-corrected chi connectivity index (χ2v) is 6.48. The van der Waals surface area contributed by atoms with E-state index in [0.29, 0.717) is 25.2 Å². The second kappa shape index (κ2) is 4.34. The third-order valence-corrected chi connectivity index (χ3v) is 3.54. The molecule has 2 rings (SSSR count). The Hall–Kier alpha value is -0.450. The van der Waals surface area contributed by atoms with Crippen LogP contribution in [0, 0.1) is 5.82 Å². The molecule has 0 aromatic heterocycles. The van der Waals surface area contributed by atoms with Gasteiger partial charge in [0, 0.05) is 15.4 Å². The second-order valence-electron chi connectivity index (χ2n) is 5.56. The lowest BCUT2D eigenvalue weighted by Crippen LogP contribution is -2.53. The van der Waals surface area contributed by atoms with Crippen LogP contribution in [0.3, 0.4) is 0 Å². The first-order chi connectivity index (χ1) is 7.82. The molecule has 1 aliphatic heterocycles. The first-order valence-corrected chi connectivity index (χ1v) is 6.44. The van der Waals surface area contributed by atoms with E-state index in [0.717, 1.165) is 4.47 Å². The van der Waals surface area contributed by atoms with E-state index in [2.05, 4.69) is 15.9 Å². The molecule has 0 saturated carbocycles. The molecule has 1 heterocycles. The van der Waals surface area contributed by atoms with E-state index in [1.165, 1.54) is 6.07 Å². The maximum absolute atomic E-state index is 13.9. The molecule has 0 atom stereocenters. The van der Waals surface area contributed by atoms with Gasteiger partial charge in [0.15, 0.2) is 0 Å². The van der Waals surface area contributed by atoms with Gasteiger partial charge in [-0.3, -0.25) is 0 Å². The third kappa shape index (κ3) is 2.69. The zero-order chi connectivity index (χ0) is 12.7. The standard InChI is InChI=1S/C13H17BrFNO/c1-12(2,16)6-13(7-17-8-13)10-5-9(14)3-4-11(10)15/h3-5H,6-8,16H2,1-2H3. The summed E-state index contributed by atoms with van der Waals surface area (Å²) >= 11 is 3.38. The zero-order valence-corrected chi connectivity index (χ0v) is 11.7. The van der Waals surface area contributed by atoms with Crippen molar-refractivity contribution in [1.29, 1.82) is 0 Å². The van der Waals surface area contributed by atoms with Gasteiger partial charge in [0.25, 0.3) is 0 Å². The molecule has 1 aliphatic rings. The highest BCUT2D eigenvalue weighted by Crippen LogP contribution is 2.40. The van der Waals surface area contributed by atoms with Crippen molar-refractivity contribution >= 4 is 15.9 Å². The van der Waals surface area contributed by atoms with Crippen LogP contribution < -0.4 is 5.73 Å².